The summed E-state index contributed by atoms with van der Waals surface area (Å²) in [6, 6.07) is 0. The fourth-order valence-corrected chi connectivity index (χ4v) is 0.781. The molecule has 4 nitrogen and oxygen atoms in total. The number of allylic oxidation sites excluding steroid dienone is 1. The van der Waals surface area contributed by atoms with Gasteiger partial charge in [0.15, 0.2) is 0 Å². The van der Waals surface area contributed by atoms with Crippen molar-refractivity contribution in [1.82, 2.24) is 0 Å². The molecule has 4 heteroatoms. The summed E-state index contributed by atoms with van der Waals surface area (Å²) in [7, 11) is 0. The van der Waals surface area contributed by atoms with Crippen molar-refractivity contribution in [2.24, 2.45) is 17.4 Å². The van der Waals surface area contributed by atoms with E-state index >= 15 is 0 Å². The minimum absolute atomic E-state index is 0.00810. The highest BCUT2D eigenvalue weighted by Gasteiger charge is 2.13. The third-order valence-electron chi connectivity index (χ3n) is 1.39. The second kappa shape index (κ2) is 5.35. The predicted molar refractivity (Wildman–Crippen MR) is 45.9 cm³/mol. The molecule has 0 aliphatic heterocycles. The first-order valence-corrected chi connectivity index (χ1v) is 3.82. The van der Waals surface area contributed by atoms with E-state index < -0.39 is 17.7 Å². The Morgan fingerprint density at radius 2 is 2.00 bits per heavy atom. The van der Waals surface area contributed by atoms with E-state index in [1.54, 1.807) is 12.2 Å². The zero-order chi connectivity index (χ0) is 9.56. The van der Waals surface area contributed by atoms with Gasteiger partial charge < -0.3 is 11.5 Å². The van der Waals surface area contributed by atoms with Gasteiger partial charge in [-0.05, 0) is 6.42 Å². The molecule has 0 radical (unpaired) electrons. The van der Waals surface area contributed by atoms with Crippen LogP contribution in [0.5, 0.6) is 0 Å². The van der Waals surface area contributed by atoms with Gasteiger partial charge in [-0.25, -0.2) is 0 Å². The Hall–Kier alpha value is -1.32. The van der Waals surface area contributed by atoms with Crippen LogP contribution < -0.4 is 11.5 Å². The lowest BCUT2D eigenvalue weighted by Crippen LogP contribution is -2.26. The first-order valence-electron chi connectivity index (χ1n) is 3.82. The Morgan fingerprint density at radius 3 is 2.33 bits per heavy atom. The molecule has 68 valence electrons. The quantitative estimate of drug-likeness (QED) is 0.566. The number of carbonyl (C=O) groups excluding carboxylic acids is 2. The highest BCUT2D eigenvalue weighted by Crippen LogP contribution is 2.03. The molecule has 0 aromatic carbocycles. The van der Waals surface area contributed by atoms with Crippen molar-refractivity contribution in [3.05, 3.63) is 12.2 Å². The van der Waals surface area contributed by atoms with Gasteiger partial charge in [-0.1, -0.05) is 19.1 Å². The average molecular weight is 170 g/mol. The summed E-state index contributed by atoms with van der Waals surface area (Å²) in [5.74, 6) is -1.58. The zero-order valence-corrected chi connectivity index (χ0v) is 7.12. The van der Waals surface area contributed by atoms with Crippen LogP contribution in [0.3, 0.4) is 0 Å². The summed E-state index contributed by atoms with van der Waals surface area (Å²) < 4.78 is 0. The maximum atomic E-state index is 10.7. The second-order valence-electron chi connectivity index (χ2n) is 2.52. The van der Waals surface area contributed by atoms with Crippen molar-refractivity contribution in [3.63, 3.8) is 0 Å². The van der Waals surface area contributed by atoms with Gasteiger partial charge in [-0.3, -0.25) is 9.59 Å². The fraction of sp³-hybridized carbons (Fsp3) is 0.500. The van der Waals surface area contributed by atoms with E-state index in [-0.39, 0.29) is 6.42 Å². The van der Waals surface area contributed by atoms with Crippen LogP contribution >= 0.6 is 0 Å². The first-order chi connectivity index (χ1) is 5.57. The van der Waals surface area contributed by atoms with Crippen LogP contribution in [0.2, 0.25) is 0 Å². The smallest absolute Gasteiger partial charge is 0.224 e. The monoisotopic (exact) mass is 170 g/mol. The molecule has 0 aliphatic carbocycles. The lowest BCUT2D eigenvalue weighted by atomic mass is 10.0. The molecule has 0 rings (SSSR count). The van der Waals surface area contributed by atoms with Gasteiger partial charge in [0, 0.05) is 6.42 Å². The SMILES string of the molecule is CCC=CC(CC(N)=O)C(N)=O. The van der Waals surface area contributed by atoms with Gasteiger partial charge in [0.25, 0.3) is 0 Å². The molecule has 0 bridgehead atoms. The molecule has 1 unspecified atom stereocenters. The van der Waals surface area contributed by atoms with Crippen LogP contribution in [-0.2, 0) is 9.59 Å². The van der Waals surface area contributed by atoms with Crippen molar-refractivity contribution in [2.45, 2.75) is 19.8 Å². The number of amides is 2. The maximum absolute atomic E-state index is 10.7. The molecule has 0 saturated heterocycles. The van der Waals surface area contributed by atoms with E-state index in [1.165, 1.54) is 0 Å². The first kappa shape index (κ1) is 10.7. The molecule has 4 N–H and O–H groups in total. The number of hydrogen-bond acceptors (Lipinski definition) is 2. The van der Waals surface area contributed by atoms with E-state index in [4.69, 9.17) is 11.5 Å². The summed E-state index contributed by atoms with van der Waals surface area (Å²) in [6.07, 6.45) is 4.21. The van der Waals surface area contributed by atoms with E-state index in [2.05, 4.69) is 0 Å². The van der Waals surface area contributed by atoms with Gasteiger partial charge in [-0.15, -0.1) is 0 Å². The molecule has 12 heavy (non-hydrogen) atoms. The Kier molecular flexibility index (Phi) is 4.76. The van der Waals surface area contributed by atoms with Crippen LogP contribution in [0.4, 0.5) is 0 Å². The number of carbonyl (C=O) groups is 2. The Morgan fingerprint density at radius 1 is 1.42 bits per heavy atom. The highest BCUT2D eigenvalue weighted by atomic mass is 16.2. The molecule has 0 fully saturated rings. The molecule has 0 saturated carbocycles. The van der Waals surface area contributed by atoms with E-state index in [9.17, 15) is 9.59 Å². The number of primary amides is 2. The molecule has 0 aromatic heterocycles. The van der Waals surface area contributed by atoms with Crippen molar-refractivity contribution >= 4 is 11.8 Å². The number of hydrogen-bond donors (Lipinski definition) is 2. The molecular weight excluding hydrogens is 156 g/mol. The van der Waals surface area contributed by atoms with E-state index in [1.807, 2.05) is 6.92 Å². The molecule has 0 aliphatic rings. The van der Waals surface area contributed by atoms with Crippen LogP contribution in [0, 0.1) is 5.92 Å². The van der Waals surface area contributed by atoms with Gasteiger partial charge in [0.05, 0.1) is 5.92 Å². The lowest BCUT2D eigenvalue weighted by Gasteiger charge is -2.04. The topological polar surface area (TPSA) is 86.2 Å². The van der Waals surface area contributed by atoms with Crippen molar-refractivity contribution in [2.75, 3.05) is 0 Å². The fourth-order valence-electron chi connectivity index (χ4n) is 0.781. The summed E-state index contributed by atoms with van der Waals surface area (Å²) in [4.78, 5) is 21.2. The van der Waals surface area contributed by atoms with Crippen molar-refractivity contribution < 1.29 is 9.59 Å². The maximum Gasteiger partial charge on any atom is 0.224 e. The number of nitrogens with two attached hydrogens (primary N) is 2. The van der Waals surface area contributed by atoms with Crippen LogP contribution in [-0.4, -0.2) is 11.8 Å². The average Bonchev–Trinajstić information content (AvgIpc) is 1.96. The second-order valence-corrected chi connectivity index (χ2v) is 2.52. The van der Waals surface area contributed by atoms with Gasteiger partial charge in [0.2, 0.25) is 11.8 Å². The van der Waals surface area contributed by atoms with Crippen molar-refractivity contribution in [1.29, 1.82) is 0 Å². The summed E-state index contributed by atoms with van der Waals surface area (Å²) in [6.45, 7) is 1.93. The van der Waals surface area contributed by atoms with Crippen molar-refractivity contribution in [3.8, 4) is 0 Å². The third-order valence-corrected chi connectivity index (χ3v) is 1.39. The molecule has 2 amide bonds. The van der Waals surface area contributed by atoms with E-state index in [0.717, 1.165) is 6.42 Å². The molecule has 1 atom stereocenters. The Bertz CT molecular complexity index is 199. The molecule has 0 spiro atoms. The highest BCUT2D eigenvalue weighted by molar-refractivity contribution is 5.85. The Balaban J connectivity index is 4.14. The predicted octanol–water partition coefficient (Wildman–Crippen LogP) is -0.0705. The van der Waals surface area contributed by atoms with Crippen LogP contribution in [0.1, 0.15) is 19.8 Å². The largest absolute Gasteiger partial charge is 0.370 e. The van der Waals surface area contributed by atoms with Gasteiger partial charge in [0.1, 0.15) is 0 Å². The van der Waals surface area contributed by atoms with Gasteiger partial charge in [-0.2, -0.15) is 0 Å². The third kappa shape index (κ3) is 4.49. The van der Waals surface area contributed by atoms with Crippen LogP contribution in [0.15, 0.2) is 12.2 Å². The van der Waals surface area contributed by atoms with Gasteiger partial charge >= 0.3 is 0 Å². The minimum atomic E-state index is -0.553. The standard InChI is InChI=1S/C8H14N2O2/c1-2-3-4-6(8(10)12)5-7(9)11/h3-4,6H,2,5H2,1H3,(H2,9,11)(H2,10,12). The normalized spacial score (nSPS) is 13.1. The molecule has 0 heterocycles. The number of rotatable bonds is 5. The minimum Gasteiger partial charge on any atom is -0.370 e. The summed E-state index contributed by atoms with van der Waals surface area (Å²) >= 11 is 0. The molecular formula is C8H14N2O2. The zero-order valence-electron chi connectivity index (χ0n) is 7.12. The summed E-state index contributed by atoms with van der Waals surface area (Å²) in [5.41, 5.74) is 9.95. The lowest BCUT2D eigenvalue weighted by molar-refractivity contribution is -0.125. The summed E-state index contributed by atoms with van der Waals surface area (Å²) in [5, 5.41) is 0. The van der Waals surface area contributed by atoms with E-state index in [0.29, 0.717) is 0 Å². The Labute approximate surface area is 71.6 Å². The van der Waals surface area contributed by atoms with Crippen LogP contribution in [0.25, 0.3) is 0 Å². The molecule has 0 aromatic rings.